The number of hydrogen-bond acceptors (Lipinski definition) is 2. The number of carbonyl (C=O) groups excluding carboxylic acids is 1. The highest BCUT2D eigenvalue weighted by Gasteiger charge is 2.23. The third kappa shape index (κ3) is 2.37. The van der Waals surface area contributed by atoms with Gasteiger partial charge in [0, 0.05) is 31.6 Å². The van der Waals surface area contributed by atoms with Gasteiger partial charge in [-0.05, 0) is 11.5 Å². The van der Waals surface area contributed by atoms with Gasteiger partial charge < -0.3 is 5.32 Å². The molecule has 1 aromatic rings. The summed E-state index contributed by atoms with van der Waals surface area (Å²) in [4.78, 5) is 11.1. The third-order valence-corrected chi connectivity index (χ3v) is 2.65. The second kappa shape index (κ2) is 4.04. The van der Waals surface area contributed by atoms with Gasteiger partial charge in [-0.15, -0.1) is 0 Å². The maximum absolute atomic E-state index is 11.1. The number of nitrogens with one attached hydrogen (secondary N) is 1. The molecule has 0 spiro atoms. The molecule has 1 saturated heterocycles. The summed E-state index contributed by atoms with van der Waals surface area (Å²) < 4.78 is 1.96. The molecule has 0 aromatic carbocycles. The van der Waals surface area contributed by atoms with Gasteiger partial charge in [0.1, 0.15) is 0 Å². The van der Waals surface area contributed by atoms with Crippen LogP contribution in [0.25, 0.3) is 0 Å². The zero-order valence-corrected chi connectivity index (χ0v) is 9.23. The predicted octanol–water partition coefficient (Wildman–Crippen LogP) is 1.14. The largest absolute Gasteiger partial charge is 0.355 e. The normalized spacial score (nSPS) is 21.0. The quantitative estimate of drug-likeness (QED) is 0.808. The van der Waals surface area contributed by atoms with Crippen molar-refractivity contribution in [3.63, 3.8) is 0 Å². The standard InChI is InChI=1S/C11H17N3O/c1-8(2)6-14-7-10(5-13-14)9-3-11(15)12-4-9/h5,7-9H,3-4,6H2,1-2H3,(H,12,15). The molecule has 0 aliphatic carbocycles. The second-order valence-corrected chi connectivity index (χ2v) is 4.59. The highest BCUT2D eigenvalue weighted by Crippen LogP contribution is 2.22. The zero-order chi connectivity index (χ0) is 10.8. The zero-order valence-electron chi connectivity index (χ0n) is 9.23. The Labute approximate surface area is 89.7 Å². The van der Waals surface area contributed by atoms with Crippen molar-refractivity contribution in [1.82, 2.24) is 15.1 Å². The summed E-state index contributed by atoms with van der Waals surface area (Å²) in [5, 5.41) is 7.15. The first-order valence-corrected chi connectivity index (χ1v) is 5.44. The van der Waals surface area contributed by atoms with Gasteiger partial charge in [-0.2, -0.15) is 5.10 Å². The molecular weight excluding hydrogens is 190 g/mol. The van der Waals surface area contributed by atoms with Gasteiger partial charge in [-0.3, -0.25) is 9.48 Å². The molecule has 1 atom stereocenters. The van der Waals surface area contributed by atoms with Gasteiger partial charge in [0.2, 0.25) is 5.91 Å². The summed E-state index contributed by atoms with van der Waals surface area (Å²) in [7, 11) is 0. The Kier molecular flexibility index (Phi) is 2.75. The molecule has 0 radical (unpaired) electrons. The first kappa shape index (κ1) is 10.2. The van der Waals surface area contributed by atoms with E-state index in [9.17, 15) is 4.79 Å². The minimum Gasteiger partial charge on any atom is -0.355 e. The molecule has 2 heterocycles. The Balaban J connectivity index is 2.03. The lowest BCUT2D eigenvalue weighted by molar-refractivity contribution is -0.119. The second-order valence-electron chi connectivity index (χ2n) is 4.59. The van der Waals surface area contributed by atoms with Crippen LogP contribution in [-0.2, 0) is 11.3 Å². The van der Waals surface area contributed by atoms with Crippen LogP contribution in [0.1, 0.15) is 31.7 Å². The van der Waals surface area contributed by atoms with E-state index in [2.05, 4.69) is 30.5 Å². The molecule has 2 rings (SSSR count). The van der Waals surface area contributed by atoms with E-state index in [0.29, 0.717) is 18.3 Å². The molecule has 82 valence electrons. The van der Waals surface area contributed by atoms with Crippen molar-refractivity contribution < 1.29 is 4.79 Å². The molecule has 1 aliphatic heterocycles. The SMILES string of the molecule is CC(C)Cn1cc(C2CNC(=O)C2)cn1. The molecule has 1 aliphatic rings. The van der Waals surface area contributed by atoms with E-state index < -0.39 is 0 Å². The van der Waals surface area contributed by atoms with Crippen LogP contribution in [0.5, 0.6) is 0 Å². The van der Waals surface area contributed by atoms with Crippen LogP contribution < -0.4 is 5.32 Å². The maximum atomic E-state index is 11.1. The minimum absolute atomic E-state index is 0.150. The highest BCUT2D eigenvalue weighted by atomic mass is 16.1. The van der Waals surface area contributed by atoms with Crippen molar-refractivity contribution in [3.05, 3.63) is 18.0 Å². The van der Waals surface area contributed by atoms with Crippen molar-refractivity contribution in [2.45, 2.75) is 32.7 Å². The van der Waals surface area contributed by atoms with Crippen LogP contribution in [0.15, 0.2) is 12.4 Å². The molecule has 0 bridgehead atoms. The summed E-state index contributed by atoms with van der Waals surface area (Å²) >= 11 is 0. The van der Waals surface area contributed by atoms with Crippen molar-refractivity contribution in [2.24, 2.45) is 5.92 Å². The van der Waals surface area contributed by atoms with E-state index in [4.69, 9.17) is 0 Å². The first-order valence-electron chi connectivity index (χ1n) is 5.44. The number of nitrogens with zero attached hydrogens (tertiary/aromatic N) is 2. The Morgan fingerprint density at radius 3 is 3.07 bits per heavy atom. The molecule has 1 amide bonds. The summed E-state index contributed by atoms with van der Waals surface area (Å²) in [5.74, 6) is 1.07. The molecule has 1 N–H and O–H groups in total. The van der Waals surface area contributed by atoms with E-state index in [0.717, 1.165) is 13.1 Å². The molecule has 15 heavy (non-hydrogen) atoms. The van der Waals surface area contributed by atoms with E-state index in [-0.39, 0.29) is 5.91 Å². The lowest BCUT2D eigenvalue weighted by Crippen LogP contribution is -2.13. The Morgan fingerprint density at radius 1 is 1.67 bits per heavy atom. The maximum Gasteiger partial charge on any atom is 0.220 e. The fraction of sp³-hybridized carbons (Fsp3) is 0.636. The molecule has 4 nitrogen and oxygen atoms in total. The van der Waals surface area contributed by atoms with Gasteiger partial charge in [0.05, 0.1) is 6.20 Å². The lowest BCUT2D eigenvalue weighted by Gasteiger charge is -2.04. The average molecular weight is 207 g/mol. The Bertz CT molecular complexity index is 356. The van der Waals surface area contributed by atoms with Gasteiger partial charge in [0.15, 0.2) is 0 Å². The number of amides is 1. The Hall–Kier alpha value is -1.32. The van der Waals surface area contributed by atoms with E-state index in [1.807, 2.05) is 10.9 Å². The van der Waals surface area contributed by atoms with Crippen LogP contribution in [-0.4, -0.2) is 22.2 Å². The van der Waals surface area contributed by atoms with Crippen LogP contribution in [0.4, 0.5) is 0 Å². The monoisotopic (exact) mass is 207 g/mol. The molecule has 1 unspecified atom stereocenters. The van der Waals surface area contributed by atoms with Crippen molar-refractivity contribution >= 4 is 5.91 Å². The van der Waals surface area contributed by atoms with Gasteiger partial charge in [-0.25, -0.2) is 0 Å². The summed E-state index contributed by atoms with van der Waals surface area (Å²) in [6.45, 7) is 6.03. The van der Waals surface area contributed by atoms with Crippen LogP contribution >= 0.6 is 0 Å². The van der Waals surface area contributed by atoms with Crippen LogP contribution in [0, 0.1) is 5.92 Å². The smallest absolute Gasteiger partial charge is 0.220 e. The number of hydrogen-bond donors (Lipinski definition) is 1. The predicted molar refractivity (Wildman–Crippen MR) is 57.4 cm³/mol. The van der Waals surface area contributed by atoms with Crippen molar-refractivity contribution in [1.29, 1.82) is 0 Å². The first-order chi connectivity index (χ1) is 7.15. The molecule has 1 fully saturated rings. The molecular formula is C11H17N3O. The summed E-state index contributed by atoms with van der Waals surface area (Å²) in [6.07, 6.45) is 4.55. The number of aromatic nitrogens is 2. The highest BCUT2D eigenvalue weighted by molar-refractivity contribution is 5.79. The topological polar surface area (TPSA) is 46.9 Å². The van der Waals surface area contributed by atoms with Crippen LogP contribution in [0.2, 0.25) is 0 Å². The van der Waals surface area contributed by atoms with E-state index >= 15 is 0 Å². The number of carbonyl (C=O) groups is 1. The Morgan fingerprint density at radius 2 is 2.47 bits per heavy atom. The molecule has 1 aromatic heterocycles. The lowest BCUT2D eigenvalue weighted by atomic mass is 10.0. The number of rotatable bonds is 3. The molecule has 0 saturated carbocycles. The third-order valence-electron chi connectivity index (χ3n) is 2.65. The fourth-order valence-corrected chi connectivity index (χ4v) is 1.91. The minimum atomic E-state index is 0.150. The van der Waals surface area contributed by atoms with E-state index in [1.54, 1.807) is 0 Å². The van der Waals surface area contributed by atoms with Crippen LogP contribution in [0.3, 0.4) is 0 Å². The van der Waals surface area contributed by atoms with E-state index in [1.165, 1.54) is 5.56 Å². The van der Waals surface area contributed by atoms with Crippen molar-refractivity contribution in [3.8, 4) is 0 Å². The fourth-order valence-electron chi connectivity index (χ4n) is 1.91. The van der Waals surface area contributed by atoms with Crippen molar-refractivity contribution in [2.75, 3.05) is 6.54 Å². The summed E-state index contributed by atoms with van der Waals surface area (Å²) in [5.41, 5.74) is 1.18. The van der Waals surface area contributed by atoms with Gasteiger partial charge in [0.25, 0.3) is 0 Å². The summed E-state index contributed by atoms with van der Waals surface area (Å²) in [6, 6.07) is 0. The molecule has 4 heteroatoms. The van der Waals surface area contributed by atoms with Gasteiger partial charge in [-0.1, -0.05) is 13.8 Å². The average Bonchev–Trinajstić information content (AvgIpc) is 2.72. The van der Waals surface area contributed by atoms with Gasteiger partial charge >= 0.3 is 0 Å².